The highest BCUT2D eigenvalue weighted by Crippen LogP contribution is 2.26. The van der Waals surface area contributed by atoms with Crippen molar-refractivity contribution < 1.29 is 18.0 Å². The van der Waals surface area contributed by atoms with Gasteiger partial charge in [0.2, 0.25) is 11.8 Å². The van der Waals surface area contributed by atoms with Gasteiger partial charge in [0.05, 0.1) is 10.6 Å². The van der Waals surface area contributed by atoms with Crippen LogP contribution in [-0.2, 0) is 26.2 Å². The number of aryl methyl sites for hydroxylation is 3. The summed E-state index contributed by atoms with van der Waals surface area (Å²) < 4.78 is 28.6. The molecule has 190 valence electrons. The van der Waals surface area contributed by atoms with Crippen molar-refractivity contribution in [3.05, 3.63) is 95.1 Å². The second kappa shape index (κ2) is 11.4. The molecule has 0 aromatic heterocycles. The number of nitrogens with zero attached hydrogens (tertiary/aromatic N) is 2. The third-order valence-corrected chi connectivity index (χ3v) is 7.74. The molecule has 1 N–H and O–H groups in total. The first-order valence-corrected chi connectivity index (χ1v) is 13.2. The largest absolute Gasteiger partial charge is 0.357 e. The van der Waals surface area contributed by atoms with Crippen LogP contribution < -0.4 is 9.62 Å². The molecule has 0 bridgehead atoms. The zero-order chi connectivity index (χ0) is 26.5. The van der Waals surface area contributed by atoms with Crippen molar-refractivity contribution in [2.24, 2.45) is 0 Å². The number of likely N-dealkylation sites (N-methyl/N-ethyl adjacent to an activating group) is 1. The van der Waals surface area contributed by atoms with Crippen LogP contribution >= 0.6 is 0 Å². The Hall–Kier alpha value is -3.65. The van der Waals surface area contributed by atoms with E-state index in [1.807, 2.05) is 51.1 Å². The molecule has 0 spiro atoms. The molecular weight excluding hydrogens is 474 g/mol. The minimum Gasteiger partial charge on any atom is -0.357 e. The normalized spacial score (nSPS) is 12.0. The number of hydrogen-bond donors (Lipinski definition) is 1. The highest BCUT2D eigenvalue weighted by atomic mass is 32.2. The Morgan fingerprint density at radius 2 is 1.50 bits per heavy atom. The van der Waals surface area contributed by atoms with Crippen LogP contribution in [0.4, 0.5) is 5.69 Å². The quantitative estimate of drug-likeness (QED) is 0.475. The van der Waals surface area contributed by atoms with Crippen LogP contribution in [0, 0.1) is 20.8 Å². The van der Waals surface area contributed by atoms with Crippen LogP contribution in [0.15, 0.2) is 77.7 Å². The molecule has 8 heteroatoms. The molecule has 0 fully saturated rings. The lowest BCUT2D eigenvalue weighted by molar-refractivity contribution is -0.139. The molecule has 3 rings (SSSR count). The number of anilines is 1. The van der Waals surface area contributed by atoms with Gasteiger partial charge in [0.25, 0.3) is 10.0 Å². The maximum Gasteiger partial charge on any atom is 0.264 e. The lowest BCUT2D eigenvalue weighted by atomic mass is 10.1. The highest BCUT2D eigenvalue weighted by molar-refractivity contribution is 7.92. The van der Waals surface area contributed by atoms with E-state index in [9.17, 15) is 18.0 Å². The van der Waals surface area contributed by atoms with Gasteiger partial charge in [-0.05, 0) is 68.7 Å². The van der Waals surface area contributed by atoms with Gasteiger partial charge in [-0.3, -0.25) is 13.9 Å². The van der Waals surface area contributed by atoms with E-state index in [1.165, 1.54) is 24.1 Å². The Labute approximate surface area is 213 Å². The van der Waals surface area contributed by atoms with Crippen LogP contribution in [0.25, 0.3) is 0 Å². The van der Waals surface area contributed by atoms with Crippen molar-refractivity contribution in [1.29, 1.82) is 0 Å². The van der Waals surface area contributed by atoms with Gasteiger partial charge < -0.3 is 10.2 Å². The molecule has 0 heterocycles. The number of nitrogens with one attached hydrogen (secondary N) is 1. The predicted molar refractivity (Wildman–Crippen MR) is 142 cm³/mol. The average molecular weight is 508 g/mol. The average Bonchev–Trinajstić information content (AvgIpc) is 2.84. The zero-order valence-corrected chi connectivity index (χ0v) is 22.2. The summed E-state index contributed by atoms with van der Waals surface area (Å²) in [6, 6.07) is 20.3. The second-order valence-corrected chi connectivity index (χ2v) is 10.8. The zero-order valence-electron chi connectivity index (χ0n) is 21.4. The van der Waals surface area contributed by atoms with Crippen molar-refractivity contribution in [3.8, 4) is 0 Å². The number of rotatable bonds is 9. The van der Waals surface area contributed by atoms with Gasteiger partial charge in [-0.1, -0.05) is 54.1 Å². The predicted octanol–water partition coefficient (Wildman–Crippen LogP) is 3.97. The van der Waals surface area contributed by atoms with Crippen LogP contribution in [0.3, 0.4) is 0 Å². The minimum atomic E-state index is -4.06. The van der Waals surface area contributed by atoms with Crippen LogP contribution in [0.2, 0.25) is 0 Å². The molecule has 0 unspecified atom stereocenters. The standard InChI is InChI=1S/C28H33N3O4S/c1-20-10-9-11-24(15-20)18-30(23(4)28(33)29-5)27(32)19-31(25-16-21(2)14-22(3)17-25)36(34,35)26-12-7-6-8-13-26/h6-17,23H,18-19H2,1-5H3,(H,29,33)/t23-/m1/s1. The highest BCUT2D eigenvalue weighted by Gasteiger charge is 2.32. The molecule has 0 aliphatic carbocycles. The first-order valence-electron chi connectivity index (χ1n) is 11.8. The van der Waals surface area contributed by atoms with Crippen molar-refractivity contribution in [3.63, 3.8) is 0 Å². The lowest BCUT2D eigenvalue weighted by Gasteiger charge is -2.32. The summed E-state index contributed by atoms with van der Waals surface area (Å²) in [6.07, 6.45) is 0. The van der Waals surface area contributed by atoms with Gasteiger partial charge in [0.15, 0.2) is 0 Å². The third-order valence-electron chi connectivity index (χ3n) is 5.95. The van der Waals surface area contributed by atoms with Gasteiger partial charge in [-0.2, -0.15) is 0 Å². The van der Waals surface area contributed by atoms with E-state index in [4.69, 9.17) is 0 Å². The number of benzene rings is 3. The molecule has 0 radical (unpaired) electrons. The van der Waals surface area contributed by atoms with Crippen LogP contribution in [-0.4, -0.2) is 44.8 Å². The van der Waals surface area contributed by atoms with E-state index in [1.54, 1.807) is 37.3 Å². The molecule has 7 nitrogen and oxygen atoms in total. The fourth-order valence-electron chi connectivity index (χ4n) is 4.14. The van der Waals surface area contributed by atoms with Gasteiger partial charge in [0.1, 0.15) is 12.6 Å². The number of carbonyl (C=O) groups excluding carboxylic acids is 2. The molecule has 1 atom stereocenters. The number of sulfonamides is 1. The molecular formula is C28H33N3O4S. The Morgan fingerprint density at radius 3 is 2.08 bits per heavy atom. The van der Waals surface area contributed by atoms with Crippen molar-refractivity contribution >= 4 is 27.5 Å². The molecule has 0 aliphatic heterocycles. The van der Waals surface area contributed by atoms with Crippen LogP contribution in [0.5, 0.6) is 0 Å². The number of carbonyl (C=O) groups is 2. The summed E-state index contributed by atoms with van der Waals surface area (Å²) in [5, 5.41) is 2.59. The summed E-state index contributed by atoms with van der Waals surface area (Å²) in [5.74, 6) is -0.814. The Balaban J connectivity index is 2.06. The van der Waals surface area contributed by atoms with E-state index >= 15 is 0 Å². The van der Waals surface area contributed by atoms with Crippen molar-refractivity contribution in [1.82, 2.24) is 10.2 Å². The molecule has 0 saturated carbocycles. The maximum absolute atomic E-state index is 13.8. The molecule has 0 saturated heterocycles. The summed E-state index contributed by atoms with van der Waals surface area (Å²) >= 11 is 0. The van der Waals surface area contributed by atoms with E-state index in [-0.39, 0.29) is 17.3 Å². The summed E-state index contributed by atoms with van der Waals surface area (Å²) in [7, 11) is -2.55. The Morgan fingerprint density at radius 1 is 0.861 bits per heavy atom. The molecule has 0 aliphatic rings. The fourth-order valence-corrected chi connectivity index (χ4v) is 5.56. The summed E-state index contributed by atoms with van der Waals surface area (Å²) in [5.41, 5.74) is 4.02. The van der Waals surface area contributed by atoms with Gasteiger partial charge >= 0.3 is 0 Å². The first-order chi connectivity index (χ1) is 17.0. The van der Waals surface area contributed by atoms with Crippen molar-refractivity contribution in [2.45, 2.75) is 45.2 Å². The number of amides is 2. The second-order valence-electron chi connectivity index (χ2n) is 8.97. The van der Waals surface area contributed by atoms with Crippen molar-refractivity contribution in [2.75, 3.05) is 17.9 Å². The van der Waals surface area contributed by atoms with E-state index < -0.39 is 28.5 Å². The first kappa shape index (κ1) is 26.9. The summed E-state index contributed by atoms with van der Waals surface area (Å²) in [6.45, 7) is 7.06. The molecule has 3 aromatic carbocycles. The lowest BCUT2D eigenvalue weighted by Crippen LogP contribution is -2.50. The number of hydrogen-bond acceptors (Lipinski definition) is 4. The fraction of sp³-hybridized carbons (Fsp3) is 0.286. The summed E-state index contributed by atoms with van der Waals surface area (Å²) in [4.78, 5) is 27.8. The minimum absolute atomic E-state index is 0.0848. The molecule has 2 amide bonds. The van der Waals surface area contributed by atoms with Gasteiger partial charge in [0, 0.05) is 13.6 Å². The monoisotopic (exact) mass is 507 g/mol. The third kappa shape index (κ3) is 6.31. The van der Waals surface area contributed by atoms with E-state index in [0.29, 0.717) is 5.69 Å². The molecule has 36 heavy (non-hydrogen) atoms. The van der Waals surface area contributed by atoms with Gasteiger partial charge in [-0.25, -0.2) is 8.42 Å². The maximum atomic E-state index is 13.8. The molecule has 3 aromatic rings. The van der Waals surface area contributed by atoms with E-state index in [0.717, 1.165) is 26.6 Å². The van der Waals surface area contributed by atoms with E-state index in [2.05, 4.69) is 5.32 Å². The van der Waals surface area contributed by atoms with Crippen LogP contribution in [0.1, 0.15) is 29.2 Å². The Bertz CT molecular complexity index is 1320. The SMILES string of the molecule is CNC(=O)[C@@H](C)N(Cc1cccc(C)c1)C(=O)CN(c1cc(C)cc(C)c1)S(=O)(=O)c1ccccc1. The Kier molecular flexibility index (Phi) is 8.53. The topological polar surface area (TPSA) is 86.8 Å². The smallest absolute Gasteiger partial charge is 0.264 e. The van der Waals surface area contributed by atoms with Gasteiger partial charge in [-0.15, -0.1) is 0 Å².